The van der Waals surface area contributed by atoms with Crippen molar-refractivity contribution in [3.05, 3.63) is 59.2 Å². The molecule has 0 aliphatic rings. The van der Waals surface area contributed by atoms with Gasteiger partial charge in [0.2, 0.25) is 5.91 Å². The van der Waals surface area contributed by atoms with Crippen LogP contribution < -0.4 is 10.5 Å². The summed E-state index contributed by atoms with van der Waals surface area (Å²) in [6.45, 7) is 5.84. The van der Waals surface area contributed by atoms with Gasteiger partial charge in [0.05, 0.1) is 4.90 Å². The van der Waals surface area contributed by atoms with Crippen molar-refractivity contribution in [2.75, 3.05) is 4.72 Å². The second-order valence-corrected chi connectivity index (χ2v) is 7.41. The van der Waals surface area contributed by atoms with E-state index in [0.717, 1.165) is 5.56 Å². The number of hydrogen-bond donors (Lipinski definition) is 2. The van der Waals surface area contributed by atoms with E-state index in [-0.39, 0.29) is 10.5 Å². The Bertz CT molecular complexity index is 825. The zero-order chi connectivity index (χ0) is 17.2. The number of carbonyl (C=O) groups excluding carboxylic acids is 1. The third kappa shape index (κ3) is 3.90. The van der Waals surface area contributed by atoms with E-state index < -0.39 is 15.9 Å². The summed E-state index contributed by atoms with van der Waals surface area (Å²) in [4.78, 5) is 11.4. The maximum atomic E-state index is 12.4. The highest BCUT2D eigenvalue weighted by Gasteiger charge is 2.17. The van der Waals surface area contributed by atoms with Crippen LogP contribution in [0.5, 0.6) is 0 Å². The molecule has 0 unspecified atom stereocenters. The average Bonchev–Trinajstić information content (AvgIpc) is 2.47. The Morgan fingerprint density at radius 1 is 1.09 bits per heavy atom. The fourth-order valence-corrected chi connectivity index (χ4v) is 3.27. The van der Waals surface area contributed by atoms with Crippen LogP contribution in [0.1, 0.15) is 41.3 Å². The second kappa shape index (κ2) is 6.42. The zero-order valence-corrected chi connectivity index (χ0v) is 14.1. The van der Waals surface area contributed by atoms with Gasteiger partial charge in [0, 0.05) is 11.3 Å². The van der Waals surface area contributed by atoms with Crippen molar-refractivity contribution in [1.29, 1.82) is 0 Å². The number of rotatable bonds is 5. The monoisotopic (exact) mass is 332 g/mol. The third-order valence-electron chi connectivity index (χ3n) is 3.61. The SMILES string of the molecule is Cc1ccc(S(=O)(=O)Nc2ccc(C(C)C)cc2)cc1C(N)=O. The van der Waals surface area contributed by atoms with Crippen molar-refractivity contribution in [2.24, 2.45) is 5.73 Å². The number of benzene rings is 2. The minimum Gasteiger partial charge on any atom is -0.366 e. The third-order valence-corrected chi connectivity index (χ3v) is 4.99. The molecule has 122 valence electrons. The van der Waals surface area contributed by atoms with Crippen molar-refractivity contribution < 1.29 is 13.2 Å². The van der Waals surface area contributed by atoms with Gasteiger partial charge in [-0.25, -0.2) is 8.42 Å². The summed E-state index contributed by atoms with van der Waals surface area (Å²) >= 11 is 0. The molecule has 3 N–H and O–H groups in total. The summed E-state index contributed by atoms with van der Waals surface area (Å²) < 4.78 is 27.4. The van der Waals surface area contributed by atoms with E-state index in [2.05, 4.69) is 18.6 Å². The topological polar surface area (TPSA) is 89.3 Å². The van der Waals surface area contributed by atoms with E-state index in [0.29, 0.717) is 17.2 Å². The van der Waals surface area contributed by atoms with Crippen LogP contribution in [0.15, 0.2) is 47.4 Å². The van der Waals surface area contributed by atoms with Gasteiger partial charge in [-0.15, -0.1) is 0 Å². The number of sulfonamides is 1. The summed E-state index contributed by atoms with van der Waals surface area (Å²) in [6.07, 6.45) is 0. The summed E-state index contributed by atoms with van der Waals surface area (Å²) in [5.74, 6) is -0.281. The van der Waals surface area contributed by atoms with Crippen molar-refractivity contribution in [2.45, 2.75) is 31.6 Å². The number of aryl methyl sites for hydroxylation is 1. The normalized spacial score (nSPS) is 11.5. The van der Waals surface area contributed by atoms with Crippen LogP contribution in [0, 0.1) is 6.92 Å². The van der Waals surface area contributed by atoms with Gasteiger partial charge in [0.25, 0.3) is 10.0 Å². The van der Waals surface area contributed by atoms with Gasteiger partial charge in [0.1, 0.15) is 0 Å². The molecule has 1 amide bonds. The lowest BCUT2D eigenvalue weighted by atomic mass is 10.0. The van der Waals surface area contributed by atoms with Crippen molar-refractivity contribution >= 4 is 21.6 Å². The highest BCUT2D eigenvalue weighted by Crippen LogP contribution is 2.21. The summed E-state index contributed by atoms with van der Waals surface area (Å²) in [5, 5.41) is 0. The molecule has 23 heavy (non-hydrogen) atoms. The molecule has 2 rings (SSSR count). The average molecular weight is 332 g/mol. The molecule has 0 saturated carbocycles. The van der Waals surface area contributed by atoms with Crippen LogP contribution in [0.4, 0.5) is 5.69 Å². The standard InChI is InChI=1S/C17H20N2O3S/c1-11(2)13-5-7-14(8-6-13)19-23(21,22)15-9-4-12(3)16(10-15)17(18)20/h4-11,19H,1-3H3,(H2,18,20). The van der Waals surface area contributed by atoms with Crippen LogP contribution in [0.2, 0.25) is 0 Å². The number of primary amides is 1. The molecule has 0 aliphatic heterocycles. The van der Waals surface area contributed by atoms with Crippen LogP contribution in [-0.4, -0.2) is 14.3 Å². The van der Waals surface area contributed by atoms with Crippen molar-refractivity contribution in [1.82, 2.24) is 0 Å². The van der Waals surface area contributed by atoms with Crippen LogP contribution in [-0.2, 0) is 10.0 Å². The molecule has 0 saturated heterocycles. The first kappa shape index (κ1) is 17.0. The highest BCUT2D eigenvalue weighted by molar-refractivity contribution is 7.92. The van der Waals surface area contributed by atoms with Crippen molar-refractivity contribution in [3.8, 4) is 0 Å². The molecular formula is C17H20N2O3S. The predicted molar refractivity (Wildman–Crippen MR) is 91.0 cm³/mol. The Labute approximate surface area is 136 Å². The van der Waals surface area contributed by atoms with Gasteiger partial charge >= 0.3 is 0 Å². The van der Waals surface area contributed by atoms with E-state index in [1.54, 1.807) is 25.1 Å². The number of amides is 1. The fourth-order valence-electron chi connectivity index (χ4n) is 2.18. The van der Waals surface area contributed by atoms with Gasteiger partial charge < -0.3 is 5.73 Å². The van der Waals surface area contributed by atoms with Crippen LogP contribution in [0.3, 0.4) is 0 Å². The van der Waals surface area contributed by atoms with Gasteiger partial charge in [-0.1, -0.05) is 32.0 Å². The molecule has 0 heterocycles. The Morgan fingerprint density at radius 2 is 1.70 bits per heavy atom. The molecule has 0 atom stereocenters. The highest BCUT2D eigenvalue weighted by atomic mass is 32.2. The first-order valence-corrected chi connectivity index (χ1v) is 8.72. The molecule has 0 radical (unpaired) electrons. The molecular weight excluding hydrogens is 312 g/mol. The lowest BCUT2D eigenvalue weighted by Crippen LogP contribution is -2.17. The first-order chi connectivity index (χ1) is 10.7. The number of nitrogens with two attached hydrogens (primary N) is 1. The molecule has 0 aliphatic carbocycles. The van der Waals surface area contributed by atoms with E-state index >= 15 is 0 Å². The largest absolute Gasteiger partial charge is 0.366 e. The molecule has 2 aromatic carbocycles. The van der Waals surface area contributed by atoms with E-state index in [1.165, 1.54) is 12.1 Å². The molecule has 0 fully saturated rings. The zero-order valence-electron chi connectivity index (χ0n) is 13.3. The lowest BCUT2D eigenvalue weighted by molar-refractivity contribution is 0.0999. The van der Waals surface area contributed by atoms with Crippen LogP contribution >= 0.6 is 0 Å². The molecule has 5 nitrogen and oxygen atoms in total. The second-order valence-electron chi connectivity index (χ2n) is 5.72. The maximum Gasteiger partial charge on any atom is 0.261 e. The number of hydrogen-bond acceptors (Lipinski definition) is 3. The minimum absolute atomic E-state index is 0.00448. The Kier molecular flexibility index (Phi) is 4.75. The molecule has 0 bridgehead atoms. The van der Waals surface area contributed by atoms with Gasteiger partial charge in [-0.2, -0.15) is 0 Å². The molecule has 6 heteroatoms. The number of nitrogens with one attached hydrogen (secondary N) is 1. The smallest absolute Gasteiger partial charge is 0.261 e. The number of carbonyl (C=O) groups is 1. The summed E-state index contributed by atoms with van der Waals surface area (Å²) in [7, 11) is -3.78. The number of anilines is 1. The Morgan fingerprint density at radius 3 is 2.22 bits per heavy atom. The van der Waals surface area contributed by atoms with Gasteiger partial charge in [-0.05, 0) is 48.2 Å². The van der Waals surface area contributed by atoms with Crippen molar-refractivity contribution in [3.63, 3.8) is 0 Å². The Hall–Kier alpha value is -2.34. The quantitative estimate of drug-likeness (QED) is 0.882. The summed E-state index contributed by atoms with van der Waals surface area (Å²) in [6, 6.07) is 11.5. The molecule has 0 aromatic heterocycles. The first-order valence-electron chi connectivity index (χ1n) is 7.24. The minimum atomic E-state index is -3.78. The molecule has 2 aromatic rings. The van der Waals surface area contributed by atoms with Gasteiger partial charge in [-0.3, -0.25) is 9.52 Å². The van der Waals surface area contributed by atoms with Crippen LogP contribution in [0.25, 0.3) is 0 Å². The molecule has 0 spiro atoms. The van der Waals surface area contributed by atoms with E-state index in [9.17, 15) is 13.2 Å². The van der Waals surface area contributed by atoms with E-state index in [1.807, 2.05) is 12.1 Å². The summed E-state index contributed by atoms with van der Waals surface area (Å²) in [5.41, 5.74) is 7.70. The van der Waals surface area contributed by atoms with E-state index in [4.69, 9.17) is 5.73 Å². The predicted octanol–water partition coefficient (Wildman–Crippen LogP) is 3.02. The maximum absolute atomic E-state index is 12.4. The fraction of sp³-hybridized carbons (Fsp3) is 0.235. The van der Waals surface area contributed by atoms with Gasteiger partial charge in [0.15, 0.2) is 0 Å². The Balaban J connectivity index is 2.32. The lowest BCUT2D eigenvalue weighted by Gasteiger charge is -2.11.